The van der Waals surface area contributed by atoms with E-state index >= 15 is 0 Å². The van der Waals surface area contributed by atoms with Crippen molar-refractivity contribution >= 4 is 29.1 Å². The maximum absolute atomic E-state index is 12.0. The predicted octanol–water partition coefficient (Wildman–Crippen LogP) is 2.00. The number of hydrogen-bond acceptors (Lipinski definition) is 3. The minimum absolute atomic E-state index is 0.109. The van der Waals surface area contributed by atoms with Crippen LogP contribution in [0.25, 0.3) is 0 Å². The molecular formula is C14H18Cl2N2O2. The molecule has 0 bridgehead atoms. The molecular weight excluding hydrogens is 299 g/mol. The van der Waals surface area contributed by atoms with E-state index in [1.807, 2.05) is 11.8 Å². The highest BCUT2D eigenvalue weighted by Gasteiger charge is 2.52. The van der Waals surface area contributed by atoms with E-state index in [9.17, 15) is 9.90 Å². The standard InChI is InChI=1S/C14H18Cl2N2O2/c1-14(11(19)3-2-10(15)13(14)16)8-4-9-5-17-6-12(20)18(9)7-8/h2-3,8-9,13,17,19H,4-7H2,1H3/t8-,9-,13?,14?/m0/s1. The van der Waals surface area contributed by atoms with Crippen LogP contribution in [0.5, 0.6) is 0 Å². The maximum Gasteiger partial charge on any atom is 0.236 e. The van der Waals surface area contributed by atoms with Gasteiger partial charge in [0.2, 0.25) is 5.91 Å². The maximum atomic E-state index is 12.0. The number of halogens is 2. The van der Waals surface area contributed by atoms with E-state index in [0.717, 1.165) is 13.0 Å². The second-order valence-electron chi connectivity index (χ2n) is 6.01. The Bertz CT molecular complexity index is 505. The molecule has 2 aliphatic heterocycles. The Balaban J connectivity index is 1.88. The lowest BCUT2D eigenvalue weighted by Gasteiger charge is -2.40. The van der Waals surface area contributed by atoms with Crippen LogP contribution in [-0.2, 0) is 4.79 Å². The number of carbonyl (C=O) groups excluding carboxylic acids is 1. The summed E-state index contributed by atoms with van der Waals surface area (Å²) in [5.41, 5.74) is -0.620. The van der Waals surface area contributed by atoms with Crippen LogP contribution in [0.2, 0.25) is 0 Å². The van der Waals surface area contributed by atoms with Crippen molar-refractivity contribution in [3.63, 3.8) is 0 Å². The number of aliphatic hydroxyl groups is 1. The Morgan fingerprint density at radius 1 is 1.50 bits per heavy atom. The number of aliphatic hydroxyl groups excluding tert-OH is 1. The van der Waals surface area contributed by atoms with Crippen LogP contribution in [0.4, 0.5) is 0 Å². The van der Waals surface area contributed by atoms with Gasteiger partial charge in [-0.05, 0) is 24.5 Å². The zero-order chi connectivity index (χ0) is 14.5. The van der Waals surface area contributed by atoms with Crippen molar-refractivity contribution in [2.24, 2.45) is 11.3 Å². The van der Waals surface area contributed by atoms with Crippen LogP contribution in [0.15, 0.2) is 22.9 Å². The molecule has 4 nitrogen and oxygen atoms in total. The Hall–Kier alpha value is -0.710. The number of nitrogens with one attached hydrogen (secondary N) is 1. The monoisotopic (exact) mass is 316 g/mol. The summed E-state index contributed by atoms with van der Waals surface area (Å²) in [5, 5.41) is 13.6. The van der Waals surface area contributed by atoms with Gasteiger partial charge in [0.25, 0.3) is 0 Å². The molecule has 2 unspecified atom stereocenters. The van der Waals surface area contributed by atoms with Crippen LogP contribution in [-0.4, -0.2) is 47.0 Å². The van der Waals surface area contributed by atoms with Gasteiger partial charge in [0.05, 0.1) is 17.3 Å². The molecule has 0 aromatic rings. The number of carbonyl (C=O) groups is 1. The third-order valence-electron chi connectivity index (χ3n) is 4.96. The Morgan fingerprint density at radius 2 is 2.25 bits per heavy atom. The minimum atomic E-state index is -0.620. The van der Waals surface area contributed by atoms with E-state index in [-0.39, 0.29) is 23.6 Å². The molecule has 2 fully saturated rings. The summed E-state index contributed by atoms with van der Waals surface area (Å²) in [4.78, 5) is 13.9. The lowest BCUT2D eigenvalue weighted by molar-refractivity contribution is -0.133. The van der Waals surface area contributed by atoms with Gasteiger partial charge in [0.1, 0.15) is 5.76 Å². The van der Waals surface area contributed by atoms with Crippen molar-refractivity contribution in [3.05, 3.63) is 22.9 Å². The van der Waals surface area contributed by atoms with Gasteiger partial charge in [-0.1, -0.05) is 18.5 Å². The van der Waals surface area contributed by atoms with Gasteiger partial charge < -0.3 is 15.3 Å². The van der Waals surface area contributed by atoms with Gasteiger partial charge in [0.15, 0.2) is 0 Å². The second-order valence-corrected chi connectivity index (χ2v) is 6.89. The number of alkyl halides is 1. The van der Waals surface area contributed by atoms with E-state index < -0.39 is 10.8 Å². The third kappa shape index (κ3) is 1.97. The number of hydrogen-bond donors (Lipinski definition) is 2. The van der Waals surface area contributed by atoms with E-state index in [4.69, 9.17) is 23.2 Å². The summed E-state index contributed by atoms with van der Waals surface area (Å²) in [6, 6.07) is 0.194. The summed E-state index contributed by atoms with van der Waals surface area (Å²) in [5.74, 6) is 0.490. The van der Waals surface area contributed by atoms with Gasteiger partial charge >= 0.3 is 0 Å². The van der Waals surface area contributed by atoms with Crippen molar-refractivity contribution < 1.29 is 9.90 Å². The second kappa shape index (κ2) is 4.93. The average molecular weight is 317 g/mol. The SMILES string of the molecule is CC1([C@H]2C[C@H]3CNCC(=O)N3C2)C(O)=CC=C(Cl)C1Cl. The number of piperazine rings is 1. The summed E-state index contributed by atoms with van der Waals surface area (Å²) in [6.45, 7) is 3.77. The van der Waals surface area contributed by atoms with E-state index in [0.29, 0.717) is 18.1 Å². The Morgan fingerprint density at radius 3 is 2.95 bits per heavy atom. The molecule has 2 saturated heterocycles. The summed E-state index contributed by atoms with van der Waals surface area (Å²) < 4.78 is 0. The quantitative estimate of drug-likeness (QED) is 0.727. The Kier molecular flexibility index (Phi) is 3.51. The number of amides is 1. The first kappa shape index (κ1) is 14.2. The molecule has 6 heteroatoms. The molecule has 3 rings (SSSR count). The lowest BCUT2D eigenvalue weighted by Crippen LogP contribution is -2.51. The number of allylic oxidation sites excluding steroid dienone is 4. The van der Waals surface area contributed by atoms with E-state index in [2.05, 4.69) is 5.32 Å². The molecule has 2 N–H and O–H groups in total. The molecule has 2 heterocycles. The topological polar surface area (TPSA) is 52.6 Å². The summed E-state index contributed by atoms with van der Waals surface area (Å²) >= 11 is 12.6. The molecule has 3 aliphatic rings. The molecule has 0 aromatic heterocycles. The van der Waals surface area contributed by atoms with E-state index in [1.54, 1.807) is 12.2 Å². The first-order valence-corrected chi connectivity index (χ1v) is 7.67. The molecule has 4 atom stereocenters. The van der Waals surface area contributed by atoms with Crippen LogP contribution in [0.3, 0.4) is 0 Å². The zero-order valence-corrected chi connectivity index (χ0v) is 12.8. The predicted molar refractivity (Wildman–Crippen MR) is 78.9 cm³/mol. The van der Waals surface area contributed by atoms with Gasteiger partial charge in [0, 0.05) is 24.2 Å². The molecule has 1 aliphatic carbocycles. The molecule has 20 heavy (non-hydrogen) atoms. The molecule has 1 amide bonds. The fourth-order valence-corrected chi connectivity index (χ4v) is 4.20. The third-order valence-corrected chi connectivity index (χ3v) is 6.10. The normalized spacial score (nSPS) is 41.2. The lowest BCUT2D eigenvalue weighted by atomic mass is 9.70. The molecule has 110 valence electrons. The molecule has 0 saturated carbocycles. The first-order chi connectivity index (χ1) is 9.44. The van der Waals surface area contributed by atoms with Gasteiger partial charge in [-0.3, -0.25) is 4.79 Å². The first-order valence-electron chi connectivity index (χ1n) is 6.85. The fraction of sp³-hybridized carbons (Fsp3) is 0.643. The van der Waals surface area contributed by atoms with Gasteiger partial charge in [-0.15, -0.1) is 11.6 Å². The van der Waals surface area contributed by atoms with Crippen LogP contribution in [0, 0.1) is 11.3 Å². The smallest absolute Gasteiger partial charge is 0.236 e. The van der Waals surface area contributed by atoms with Crippen LogP contribution >= 0.6 is 23.2 Å². The minimum Gasteiger partial charge on any atom is -0.512 e. The summed E-state index contributed by atoms with van der Waals surface area (Å²) in [6.07, 6.45) is 4.10. The van der Waals surface area contributed by atoms with Gasteiger partial charge in [-0.25, -0.2) is 0 Å². The highest BCUT2D eigenvalue weighted by Crippen LogP contribution is 2.50. The average Bonchev–Trinajstić information content (AvgIpc) is 2.87. The Labute approximate surface area is 128 Å². The molecule has 0 spiro atoms. The van der Waals surface area contributed by atoms with Crippen molar-refractivity contribution in [2.75, 3.05) is 19.6 Å². The zero-order valence-electron chi connectivity index (χ0n) is 11.3. The molecule has 0 radical (unpaired) electrons. The number of rotatable bonds is 1. The van der Waals surface area contributed by atoms with Crippen molar-refractivity contribution in [1.29, 1.82) is 0 Å². The number of fused-ring (bicyclic) bond motifs is 1. The van der Waals surface area contributed by atoms with Crippen molar-refractivity contribution in [2.45, 2.75) is 24.8 Å². The molecule has 0 aromatic carbocycles. The van der Waals surface area contributed by atoms with Crippen molar-refractivity contribution in [3.8, 4) is 0 Å². The van der Waals surface area contributed by atoms with E-state index in [1.165, 1.54) is 0 Å². The van der Waals surface area contributed by atoms with Crippen LogP contribution < -0.4 is 5.32 Å². The number of nitrogens with zero attached hydrogens (tertiary/aromatic N) is 1. The van der Waals surface area contributed by atoms with Gasteiger partial charge in [-0.2, -0.15) is 0 Å². The fourth-order valence-electron chi connectivity index (χ4n) is 3.55. The summed E-state index contributed by atoms with van der Waals surface area (Å²) in [7, 11) is 0. The van der Waals surface area contributed by atoms with Crippen LogP contribution in [0.1, 0.15) is 13.3 Å². The largest absolute Gasteiger partial charge is 0.512 e. The highest BCUT2D eigenvalue weighted by atomic mass is 35.5. The highest BCUT2D eigenvalue weighted by molar-refractivity contribution is 6.38. The van der Waals surface area contributed by atoms with Crippen molar-refractivity contribution in [1.82, 2.24) is 10.2 Å².